The molecular weight excluding hydrogens is 256 g/mol. The Bertz CT molecular complexity index is 207. The van der Waals surface area contributed by atoms with E-state index in [0.717, 1.165) is 0 Å². The average molecular weight is 266 g/mol. The van der Waals surface area contributed by atoms with Gasteiger partial charge in [-0.1, -0.05) is 0 Å². The van der Waals surface area contributed by atoms with E-state index in [-0.39, 0.29) is 17.1 Å². The van der Waals surface area contributed by atoms with Crippen LogP contribution in [0.3, 0.4) is 0 Å². The molecule has 9 heteroatoms. The number of hydrogen-bond acceptors (Lipinski definition) is 6. The SMILES string of the molecule is O=C(O)C(O)C(O)C(O)C(O)C(=O)O.[Fe]. The van der Waals surface area contributed by atoms with Crippen LogP contribution in [0.1, 0.15) is 0 Å². The minimum absolute atomic E-state index is 0. The number of aliphatic carboxylic acids is 2. The fourth-order valence-corrected chi connectivity index (χ4v) is 0.666. The fraction of sp³-hybridized carbons (Fsp3) is 0.667. The molecule has 4 unspecified atom stereocenters. The maximum Gasteiger partial charge on any atom is 0.335 e. The van der Waals surface area contributed by atoms with Crippen LogP contribution in [-0.4, -0.2) is 67.0 Å². The standard InChI is InChI=1S/C6H10O8.Fe/c7-1(3(9)5(11)12)2(8)4(10)6(13)14;/h1-4,7-10H,(H,11,12)(H,13,14);. The van der Waals surface area contributed by atoms with Crippen LogP contribution in [0, 0.1) is 0 Å². The van der Waals surface area contributed by atoms with E-state index in [0.29, 0.717) is 0 Å². The number of rotatable bonds is 5. The second kappa shape index (κ2) is 6.72. The van der Waals surface area contributed by atoms with E-state index >= 15 is 0 Å². The van der Waals surface area contributed by atoms with Crippen LogP contribution >= 0.6 is 0 Å². The first-order valence-corrected chi connectivity index (χ1v) is 3.47. The maximum atomic E-state index is 10.1. The number of carboxylic acid groups (broad SMARTS) is 2. The van der Waals surface area contributed by atoms with Crippen molar-refractivity contribution in [2.45, 2.75) is 24.4 Å². The van der Waals surface area contributed by atoms with Gasteiger partial charge in [-0.3, -0.25) is 0 Å². The Hall–Kier alpha value is -0.701. The second-order valence-electron chi connectivity index (χ2n) is 2.55. The third-order valence-electron chi connectivity index (χ3n) is 1.50. The van der Waals surface area contributed by atoms with Gasteiger partial charge in [0.15, 0.2) is 12.2 Å². The minimum Gasteiger partial charge on any atom is -0.479 e. The molecule has 0 aliphatic carbocycles. The summed E-state index contributed by atoms with van der Waals surface area (Å²) < 4.78 is 0. The Morgan fingerprint density at radius 1 is 0.733 bits per heavy atom. The molecule has 0 rings (SSSR count). The Labute approximate surface area is 94.2 Å². The molecule has 0 aromatic carbocycles. The van der Waals surface area contributed by atoms with Gasteiger partial charge < -0.3 is 30.6 Å². The molecule has 90 valence electrons. The molecule has 0 aliphatic heterocycles. The molecule has 0 radical (unpaired) electrons. The largest absolute Gasteiger partial charge is 0.479 e. The topological polar surface area (TPSA) is 156 Å². The number of hydrogen-bond donors (Lipinski definition) is 6. The van der Waals surface area contributed by atoms with Crippen molar-refractivity contribution < 1.29 is 57.3 Å². The van der Waals surface area contributed by atoms with Crippen LogP contribution in [0.5, 0.6) is 0 Å². The van der Waals surface area contributed by atoms with Gasteiger partial charge in [0, 0.05) is 17.1 Å². The summed E-state index contributed by atoms with van der Waals surface area (Å²) >= 11 is 0. The number of aliphatic hydroxyl groups is 4. The van der Waals surface area contributed by atoms with Crippen LogP contribution in [0.15, 0.2) is 0 Å². The smallest absolute Gasteiger partial charge is 0.335 e. The molecule has 0 aromatic heterocycles. The first-order valence-electron chi connectivity index (χ1n) is 3.47. The van der Waals surface area contributed by atoms with E-state index in [1.165, 1.54) is 0 Å². The summed E-state index contributed by atoms with van der Waals surface area (Å²) in [6.07, 6.45) is -9.28. The van der Waals surface area contributed by atoms with Crippen molar-refractivity contribution in [2.75, 3.05) is 0 Å². The third-order valence-corrected chi connectivity index (χ3v) is 1.50. The van der Waals surface area contributed by atoms with Crippen LogP contribution in [0.2, 0.25) is 0 Å². The summed E-state index contributed by atoms with van der Waals surface area (Å²) in [5.74, 6) is -3.68. The van der Waals surface area contributed by atoms with Gasteiger partial charge >= 0.3 is 11.9 Å². The van der Waals surface area contributed by atoms with E-state index in [2.05, 4.69) is 0 Å². The first-order chi connectivity index (χ1) is 6.29. The van der Waals surface area contributed by atoms with Crippen LogP contribution in [0.4, 0.5) is 0 Å². The first kappa shape index (κ1) is 16.7. The molecule has 15 heavy (non-hydrogen) atoms. The summed E-state index contributed by atoms with van der Waals surface area (Å²) in [7, 11) is 0. The molecule has 0 aliphatic rings. The monoisotopic (exact) mass is 266 g/mol. The Morgan fingerprint density at radius 2 is 0.933 bits per heavy atom. The molecule has 0 saturated heterocycles. The Morgan fingerprint density at radius 3 is 1.07 bits per heavy atom. The summed E-state index contributed by atoms with van der Waals surface area (Å²) in [4.78, 5) is 20.2. The Kier molecular flexibility index (Phi) is 7.49. The van der Waals surface area contributed by atoms with Gasteiger partial charge in [0.1, 0.15) is 12.2 Å². The minimum atomic E-state index is -2.36. The van der Waals surface area contributed by atoms with E-state index in [4.69, 9.17) is 30.6 Å². The predicted molar refractivity (Wildman–Crippen MR) is 39.3 cm³/mol. The van der Waals surface area contributed by atoms with Crippen molar-refractivity contribution in [2.24, 2.45) is 0 Å². The average Bonchev–Trinajstić information content (AvgIpc) is 2.12. The van der Waals surface area contributed by atoms with Crippen molar-refractivity contribution in [3.63, 3.8) is 0 Å². The fourth-order valence-electron chi connectivity index (χ4n) is 0.666. The van der Waals surface area contributed by atoms with Gasteiger partial charge in [-0.25, -0.2) is 9.59 Å². The van der Waals surface area contributed by atoms with Gasteiger partial charge in [0.05, 0.1) is 0 Å². The second-order valence-corrected chi connectivity index (χ2v) is 2.55. The van der Waals surface area contributed by atoms with Gasteiger partial charge in [-0.05, 0) is 0 Å². The summed E-state index contributed by atoms with van der Waals surface area (Å²) in [6, 6.07) is 0. The van der Waals surface area contributed by atoms with Crippen LogP contribution in [0.25, 0.3) is 0 Å². The number of carboxylic acids is 2. The molecule has 0 spiro atoms. The molecule has 0 aromatic rings. The van der Waals surface area contributed by atoms with Gasteiger partial charge in [0.25, 0.3) is 0 Å². The third kappa shape index (κ3) is 4.56. The number of aliphatic hydroxyl groups excluding tert-OH is 4. The molecule has 4 atom stereocenters. The van der Waals surface area contributed by atoms with Gasteiger partial charge in [0.2, 0.25) is 0 Å². The number of carbonyl (C=O) groups is 2. The van der Waals surface area contributed by atoms with Crippen molar-refractivity contribution in [1.29, 1.82) is 0 Å². The molecule has 0 bridgehead atoms. The van der Waals surface area contributed by atoms with Crippen molar-refractivity contribution in [3.8, 4) is 0 Å². The van der Waals surface area contributed by atoms with E-state index < -0.39 is 36.4 Å². The van der Waals surface area contributed by atoms with E-state index in [1.54, 1.807) is 0 Å². The predicted octanol–water partition coefficient (Wildman–Crippen LogP) is -3.40. The summed E-state index contributed by atoms with van der Waals surface area (Å²) in [6.45, 7) is 0. The molecule has 0 heterocycles. The maximum absolute atomic E-state index is 10.1. The Balaban J connectivity index is 0. The molecule has 0 saturated carbocycles. The van der Waals surface area contributed by atoms with Crippen molar-refractivity contribution in [1.82, 2.24) is 0 Å². The normalized spacial score (nSPS) is 18.1. The summed E-state index contributed by atoms with van der Waals surface area (Å²) in [5, 5.41) is 51.5. The quantitative estimate of drug-likeness (QED) is 0.281. The molecular formula is C6H10FeO8. The molecule has 6 N–H and O–H groups in total. The van der Waals surface area contributed by atoms with Crippen LogP contribution < -0.4 is 0 Å². The van der Waals surface area contributed by atoms with Crippen molar-refractivity contribution in [3.05, 3.63) is 0 Å². The summed E-state index contributed by atoms with van der Waals surface area (Å²) in [5.41, 5.74) is 0. The zero-order valence-corrected chi connectivity index (χ0v) is 8.27. The van der Waals surface area contributed by atoms with Crippen molar-refractivity contribution >= 4 is 11.9 Å². The van der Waals surface area contributed by atoms with Gasteiger partial charge in [-0.15, -0.1) is 0 Å². The molecule has 8 nitrogen and oxygen atoms in total. The van der Waals surface area contributed by atoms with E-state index in [9.17, 15) is 9.59 Å². The molecule has 0 amide bonds. The van der Waals surface area contributed by atoms with Gasteiger partial charge in [-0.2, -0.15) is 0 Å². The van der Waals surface area contributed by atoms with E-state index in [1.807, 2.05) is 0 Å². The molecule has 0 fully saturated rings. The van der Waals surface area contributed by atoms with Crippen LogP contribution in [-0.2, 0) is 26.7 Å². The zero-order valence-electron chi connectivity index (χ0n) is 7.16. The zero-order chi connectivity index (χ0) is 11.5.